The van der Waals surface area contributed by atoms with E-state index in [4.69, 9.17) is 4.74 Å². The molecule has 0 saturated heterocycles. The van der Waals surface area contributed by atoms with Gasteiger partial charge in [-0.2, -0.15) is 0 Å². The summed E-state index contributed by atoms with van der Waals surface area (Å²) in [7, 11) is 2.04. The summed E-state index contributed by atoms with van der Waals surface area (Å²) in [6.07, 6.45) is -2.72. The summed E-state index contributed by atoms with van der Waals surface area (Å²) in [5, 5.41) is 23.9. The first-order chi connectivity index (χ1) is 15.6. The highest BCUT2D eigenvalue weighted by molar-refractivity contribution is 5.96. The molecule has 4 N–H and O–H groups in total. The second-order valence-corrected chi connectivity index (χ2v) is 7.07. The van der Waals surface area contributed by atoms with E-state index < -0.39 is 60.3 Å². The molecule has 12 nitrogen and oxygen atoms in total. The third kappa shape index (κ3) is 9.15. The van der Waals surface area contributed by atoms with Crippen LogP contribution in [0.1, 0.15) is 18.9 Å². The van der Waals surface area contributed by atoms with Gasteiger partial charge >= 0.3 is 24.0 Å². The molecule has 0 aliphatic heterocycles. The van der Waals surface area contributed by atoms with Gasteiger partial charge in [0.15, 0.2) is 5.92 Å². The summed E-state index contributed by atoms with van der Waals surface area (Å²) >= 11 is 0. The number of carboxylic acid groups (broad SMARTS) is 1. The van der Waals surface area contributed by atoms with Crippen molar-refractivity contribution >= 4 is 29.9 Å². The molecule has 0 heterocycles. The van der Waals surface area contributed by atoms with Crippen molar-refractivity contribution in [3.8, 4) is 0 Å². The van der Waals surface area contributed by atoms with Gasteiger partial charge < -0.3 is 35.1 Å². The number of ether oxygens (including phenoxy) is 3. The molecule has 0 aliphatic carbocycles. The Balaban J connectivity index is 2.59. The first-order valence-electron chi connectivity index (χ1n) is 9.91. The average Bonchev–Trinajstić information content (AvgIpc) is 2.79. The van der Waals surface area contributed by atoms with Gasteiger partial charge in [0, 0.05) is 12.5 Å². The number of carbonyl (C=O) groups excluding carboxylic acids is 4. The molecular formula is C21H28N2O10. The zero-order chi connectivity index (χ0) is 25.0. The Morgan fingerprint density at radius 1 is 1.00 bits per heavy atom. The van der Waals surface area contributed by atoms with Crippen LogP contribution in [-0.2, 0) is 40.0 Å². The van der Waals surface area contributed by atoms with Gasteiger partial charge in [-0.05, 0) is 5.56 Å². The number of alkyl carbamates (subject to hydrolysis) is 1. The van der Waals surface area contributed by atoms with Gasteiger partial charge in [-0.15, -0.1) is 0 Å². The Bertz CT molecular complexity index is 814. The zero-order valence-electron chi connectivity index (χ0n) is 18.5. The van der Waals surface area contributed by atoms with Gasteiger partial charge in [-0.25, -0.2) is 9.59 Å². The monoisotopic (exact) mass is 468 g/mol. The predicted octanol–water partition coefficient (Wildman–Crippen LogP) is -0.168. The number of hydrogen-bond acceptors (Lipinski definition) is 9. The highest BCUT2D eigenvalue weighted by Crippen LogP contribution is 2.20. The number of carboxylic acids is 1. The number of benzene rings is 1. The number of esters is 2. The molecule has 0 bridgehead atoms. The summed E-state index contributed by atoms with van der Waals surface area (Å²) in [5.41, 5.74) is 0.763. The third-order valence-corrected chi connectivity index (χ3v) is 4.66. The van der Waals surface area contributed by atoms with E-state index in [1.165, 1.54) is 6.92 Å². The number of aliphatic hydroxyl groups excluding tert-OH is 1. The smallest absolute Gasteiger partial charge is 0.407 e. The second-order valence-electron chi connectivity index (χ2n) is 7.07. The largest absolute Gasteiger partial charge is 0.480 e. The number of nitrogens with one attached hydrogen (secondary N) is 2. The highest BCUT2D eigenvalue weighted by atomic mass is 16.6. The van der Waals surface area contributed by atoms with Gasteiger partial charge in [-0.1, -0.05) is 37.3 Å². The van der Waals surface area contributed by atoms with Crippen LogP contribution in [0.4, 0.5) is 4.79 Å². The summed E-state index contributed by atoms with van der Waals surface area (Å²) in [6.45, 7) is 0.947. The topological polar surface area (TPSA) is 178 Å². The van der Waals surface area contributed by atoms with Gasteiger partial charge in [0.1, 0.15) is 12.6 Å². The molecule has 182 valence electrons. The van der Waals surface area contributed by atoms with E-state index >= 15 is 0 Å². The van der Waals surface area contributed by atoms with Crippen molar-refractivity contribution in [1.82, 2.24) is 10.6 Å². The normalized spacial score (nSPS) is 13.2. The molecule has 0 aliphatic rings. The fraction of sp³-hybridized carbons (Fsp3) is 0.476. The Kier molecular flexibility index (Phi) is 11.3. The minimum Gasteiger partial charge on any atom is -0.480 e. The summed E-state index contributed by atoms with van der Waals surface area (Å²) in [4.78, 5) is 59.4. The van der Waals surface area contributed by atoms with Crippen LogP contribution in [0.3, 0.4) is 0 Å². The van der Waals surface area contributed by atoms with Gasteiger partial charge in [0.25, 0.3) is 0 Å². The Labute approximate surface area is 190 Å². The van der Waals surface area contributed by atoms with Gasteiger partial charge in [0.05, 0.1) is 26.7 Å². The number of aliphatic hydroxyl groups is 1. The van der Waals surface area contributed by atoms with E-state index in [2.05, 4.69) is 20.1 Å². The maximum Gasteiger partial charge on any atom is 0.407 e. The number of aliphatic carboxylic acids is 1. The summed E-state index contributed by atoms with van der Waals surface area (Å²) < 4.78 is 14.0. The van der Waals surface area contributed by atoms with E-state index in [1.54, 1.807) is 24.3 Å². The Morgan fingerprint density at radius 2 is 1.58 bits per heavy atom. The van der Waals surface area contributed by atoms with E-state index in [9.17, 15) is 34.2 Å². The molecular weight excluding hydrogens is 440 g/mol. The van der Waals surface area contributed by atoms with Crippen molar-refractivity contribution in [2.75, 3.05) is 20.8 Å². The van der Waals surface area contributed by atoms with Crippen molar-refractivity contribution in [2.24, 2.45) is 11.8 Å². The first-order valence-corrected chi connectivity index (χ1v) is 9.91. The number of hydrogen-bond donors (Lipinski definition) is 4. The zero-order valence-corrected chi connectivity index (χ0v) is 18.5. The maximum absolute atomic E-state index is 12.2. The molecule has 12 heteroatoms. The maximum atomic E-state index is 12.2. The fourth-order valence-corrected chi connectivity index (χ4v) is 2.88. The lowest BCUT2D eigenvalue weighted by atomic mass is 9.87. The minimum absolute atomic E-state index is 0.0169. The van der Waals surface area contributed by atoms with Crippen molar-refractivity contribution < 1.29 is 48.4 Å². The van der Waals surface area contributed by atoms with Crippen LogP contribution >= 0.6 is 0 Å². The number of methoxy groups -OCH3 is 2. The molecule has 0 spiro atoms. The van der Waals surface area contributed by atoms with E-state index in [-0.39, 0.29) is 13.2 Å². The van der Waals surface area contributed by atoms with Crippen LogP contribution in [0, 0.1) is 11.8 Å². The molecule has 2 amide bonds. The lowest BCUT2D eigenvalue weighted by Crippen LogP contribution is -2.51. The third-order valence-electron chi connectivity index (χ3n) is 4.66. The highest BCUT2D eigenvalue weighted by Gasteiger charge is 2.42. The molecule has 0 saturated carbocycles. The van der Waals surface area contributed by atoms with Crippen LogP contribution in [0.15, 0.2) is 30.3 Å². The number of carbonyl (C=O) groups is 5. The molecule has 3 atom stereocenters. The van der Waals surface area contributed by atoms with E-state index in [1.807, 2.05) is 6.07 Å². The van der Waals surface area contributed by atoms with E-state index in [0.717, 1.165) is 19.8 Å². The molecule has 1 aromatic carbocycles. The van der Waals surface area contributed by atoms with Crippen LogP contribution in [-0.4, -0.2) is 73.0 Å². The molecule has 0 fully saturated rings. The molecule has 1 rings (SSSR count). The van der Waals surface area contributed by atoms with Crippen molar-refractivity contribution in [2.45, 2.75) is 32.1 Å². The Hall–Kier alpha value is -3.67. The van der Waals surface area contributed by atoms with Crippen molar-refractivity contribution in [3.63, 3.8) is 0 Å². The van der Waals surface area contributed by atoms with Crippen molar-refractivity contribution in [1.29, 1.82) is 0 Å². The molecule has 33 heavy (non-hydrogen) atoms. The predicted molar refractivity (Wildman–Crippen MR) is 112 cm³/mol. The van der Waals surface area contributed by atoms with Gasteiger partial charge in [-0.3, -0.25) is 14.4 Å². The minimum atomic E-state index is -1.66. The number of amides is 2. The molecule has 0 aromatic heterocycles. The second kappa shape index (κ2) is 13.7. The number of rotatable bonds is 12. The molecule has 0 radical (unpaired) electrons. The summed E-state index contributed by atoms with van der Waals surface area (Å²) in [6, 6.07) is 7.24. The van der Waals surface area contributed by atoms with Crippen LogP contribution in [0.2, 0.25) is 0 Å². The molecule has 0 unspecified atom stereocenters. The molecule has 1 aromatic rings. The van der Waals surface area contributed by atoms with Crippen LogP contribution in [0.25, 0.3) is 0 Å². The SMILES string of the molecule is COC(=O)C(C(=O)OC)[C@@H](C)[C@H](NC(=O)C[C@H](O)CNC(=O)OCc1ccccc1)C(=O)O. The quantitative estimate of drug-likeness (QED) is 0.183. The van der Waals surface area contributed by atoms with Crippen molar-refractivity contribution in [3.05, 3.63) is 35.9 Å². The van der Waals surface area contributed by atoms with E-state index in [0.29, 0.717) is 0 Å². The lowest BCUT2D eigenvalue weighted by molar-refractivity contribution is -0.163. The Morgan fingerprint density at radius 3 is 2.09 bits per heavy atom. The first kappa shape index (κ1) is 27.4. The lowest BCUT2D eigenvalue weighted by Gasteiger charge is -2.26. The summed E-state index contributed by atoms with van der Waals surface area (Å²) in [5.74, 6) is -7.25. The van der Waals surface area contributed by atoms with Crippen LogP contribution < -0.4 is 10.6 Å². The standard InChI is InChI=1S/C21H28N2O10/c1-12(16(19(28)31-2)20(29)32-3)17(18(26)27)23-15(25)9-14(24)10-22-21(30)33-11-13-7-5-4-6-8-13/h4-8,12,14,16-17,24H,9-11H2,1-3H3,(H,22,30)(H,23,25)(H,26,27)/t12-,14+,17+/m1/s1. The fourth-order valence-electron chi connectivity index (χ4n) is 2.88. The average molecular weight is 468 g/mol. The van der Waals surface area contributed by atoms with Gasteiger partial charge in [0.2, 0.25) is 5.91 Å². The van der Waals surface area contributed by atoms with Crippen LogP contribution in [0.5, 0.6) is 0 Å².